The monoisotopic (exact) mass is 294 g/mol. The average Bonchev–Trinajstić information content (AvgIpc) is 2.78. The second-order valence-electron chi connectivity index (χ2n) is 4.03. The van der Waals surface area contributed by atoms with Gasteiger partial charge in [-0.05, 0) is 19.1 Å². The van der Waals surface area contributed by atoms with Crippen molar-refractivity contribution in [3.8, 4) is 0 Å². The number of amides is 1. The molecule has 0 aromatic carbocycles. The predicted octanol–water partition coefficient (Wildman–Crippen LogP) is 2.26. The molecule has 104 valence electrons. The smallest absolute Gasteiger partial charge is 0.339 e. The van der Waals surface area contributed by atoms with E-state index in [9.17, 15) is 9.59 Å². The molecule has 0 radical (unpaired) electrons. The van der Waals surface area contributed by atoms with Crippen molar-refractivity contribution in [1.29, 1.82) is 0 Å². The number of pyridine rings is 1. The van der Waals surface area contributed by atoms with E-state index >= 15 is 0 Å². The number of carbonyl (C=O) groups excluding carboxylic acids is 1. The molecule has 0 unspecified atom stereocenters. The molecular weight excluding hydrogens is 284 g/mol. The Kier molecular flexibility index (Phi) is 4.05. The molecule has 0 saturated heterocycles. The summed E-state index contributed by atoms with van der Waals surface area (Å²) in [4.78, 5) is 26.6. The topological polar surface area (TPSA) is 92.4 Å². The standard InChI is InChI=1S/C13H11ClN2O4/c1-7-9(13(18)19)4-8(20-7)5-16-12(17)10-6-15-3-2-11(10)14/h2-4,6H,5H2,1H3,(H,16,17)(H,18,19). The number of halogens is 1. The fourth-order valence-corrected chi connectivity index (χ4v) is 1.84. The fraction of sp³-hybridized carbons (Fsp3) is 0.154. The zero-order chi connectivity index (χ0) is 14.7. The molecule has 0 fully saturated rings. The molecule has 2 heterocycles. The van der Waals surface area contributed by atoms with Crippen LogP contribution < -0.4 is 5.32 Å². The normalized spacial score (nSPS) is 10.3. The summed E-state index contributed by atoms with van der Waals surface area (Å²) >= 11 is 5.87. The number of nitrogens with zero attached hydrogens (tertiary/aromatic N) is 1. The van der Waals surface area contributed by atoms with Crippen LogP contribution in [0.5, 0.6) is 0 Å². The summed E-state index contributed by atoms with van der Waals surface area (Å²) in [6, 6.07) is 2.89. The highest BCUT2D eigenvalue weighted by atomic mass is 35.5. The molecule has 0 saturated carbocycles. The Hall–Kier alpha value is -2.34. The van der Waals surface area contributed by atoms with Crippen LogP contribution in [0.4, 0.5) is 0 Å². The van der Waals surface area contributed by atoms with Gasteiger partial charge in [-0.3, -0.25) is 9.78 Å². The van der Waals surface area contributed by atoms with Gasteiger partial charge in [0, 0.05) is 12.4 Å². The maximum absolute atomic E-state index is 11.9. The number of furan rings is 1. The lowest BCUT2D eigenvalue weighted by molar-refractivity contribution is 0.0694. The van der Waals surface area contributed by atoms with Crippen LogP contribution in [0, 0.1) is 6.92 Å². The van der Waals surface area contributed by atoms with E-state index in [1.165, 1.54) is 24.5 Å². The van der Waals surface area contributed by atoms with Crippen molar-refractivity contribution in [2.24, 2.45) is 0 Å². The number of hydrogen-bond donors (Lipinski definition) is 2. The summed E-state index contributed by atoms with van der Waals surface area (Å²) in [6.45, 7) is 1.62. The van der Waals surface area contributed by atoms with Gasteiger partial charge in [0.25, 0.3) is 5.91 Å². The lowest BCUT2D eigenvalue weighted by atomic mass is 10.2. The van der Waals surface area contributed by atoms with Crippen LogP contribution in [-0.4, -0.2) is 22.0 Å². The van der Waals surface area contributed by atoms with Gasteiger partial charge in [0.15, 0.2) is 0 Å². The SMILES string of the molecule is Cc1oc(CNC(=O)c2cnccc2Cl)cc1C(=O)O. The van der Waals surface area contributed by atoms with Gasteiger partial charge in [-0.15, -0.1) is 0 Å². The van der Waals surface area contributed by atoms with Crippen LogP contribution in [-0.2, 0) is 6.54 Å². The Bertz CT molecular complexity index is 666. The summed E-state index contributed by atoms with van der Waals surface area (Å²) in [5.41, 5.74) is 0.324. The number of carboxylic acids is 1. The fourth-order valence-electron chi connectivity index (χ4n) is 1.65. The van der Waals surface area contributed by atoms with Gasteiger partial charge < -0.3 is 14.8 Å². The van der Waals surface area contributed by atoms with Gasteiger partial charge in [-0.1, -0.05) is 11.6 Å². The van der Waals surface area contributed by atoms with E-state index in [2.05, 4.69) is 10.3 Å². The first kappa shape index (κ1) is 14.1. The second-order valence-corrected chi connectivity index (χ2v) is 4.43. The van der Waals surface area contributed by atoms with Crippen molar-refractivity contribution in [3.05, 3.63) is 52.2 Å². The Labute approximate surface area is 119 Å². The van der Waals surface area contributed by atoms with E-state index in [4.69, 9.17) is 21.1 Å². The summed E-state index contributed by atoms with van der Waals surface area (Å²) in [7, 11) is 0. The lowest BCUT2D eigenvalue weighted by Gasteiger charge is -2.04. The van der Waals surface area contributed by atoms with Gasteiger partial charge in [-0.25, -0.2) is 4.79 Å². The summed E-state index contributed by atoms with van der Waals surface area (Å²) in [5, 5.41) is 11.8. The maximum Gasteiger partial charge on any atom is 0.339 e. The van der Waals surface area contributed by atoms with Crippen molar-refractivity contribution in [2.75, 3.05) is 0 Å². The molecule has 20 heavy (non-hydrogen) atoms. The molecule has 0 aliphatic rings. The molecule has 1 amide bonds. The van der Waals surface area contributed by atoms with E-state index in [0.717, 1.165) is 0 Å². The minimum atomic E-state index is -1.07. The molecule has 0 bridgehead atoms. The molecule has 2 rings (SSSR count). The van der Waals surface area contributed by atoms with Crippen molar-refractivity contribution >= 4 is 23.5 Å². The Balaban J connectivity index is 2.06. The number of carboxylic acid groups (broad SMARTS) is 1. The zero-order valence-electron chi connectivity index (χ0n) is 10.5. The highest BCUT2D eigenvalue weighted by molar-refractivity contribution is 6.33. The van der Waals surface area contributed by atoms with Gasteiger partial charge >= 0.3 is 5.97 Å². The average molecular weight is 295 g/mol. The first-order valence-electron chi connectivity index (χ1n) is 5.69. The maximum atomic E-state index is 11.9. The van der Waals surface area contributed by atoms with E-state index < -0.39 is 11.9 Å². The first-order valence-corrected chi connectivity index (χ1v) is 6.07. The van der Waals surface area contributed by atoms with E-state index in [0.29, 0.717) is 16.5 Å². The Morgan fingerprint density at radius 1 is 1.45 bits per heavy atom. The summed E-state index contributed by atoms with van der Waals surface area (Å²) < 4.78 is 5.25. The second kappa shape index (κ2) is 5.75. The quantitative estimate of drug-likeness (QED) is 0.902. The molecule has 0 aliphatic heterocycles. The highest BCUT2D eigenvalue weighted by Gasteiger charge is 2.15. The van der Waals surface area contributed by atoms with Crippen LogP contribution in [0.15, 0.2) is 28.9 Å². The first-order chi connectivity index (χ1) is 9.49. The molecule has 0 spiro atoms. The lowest BCUT2D eigenvalue weighted by Crippen LogP contribution is -2.23. The predicted molar refractivity (Wildman–Crippen MR) is 70.8 cm³/mol. The number of hydrogen-bond acceptors (Lipinski definition) is 4. The highest BCUT2D eigenvalue weighted by Crippen LogP contribution is 2.16. The van der Waals surface area contributed by atoms with Crippen molar-refractivity contribution in [1.82, 2.24) is 10.3 Å². The minimum Gasteiger partial charge on any atom is -0.478 e. The van der Waals surface area contributed by atoms with E-state index in [1.807, 2.05) is 0 Å². The third-order valence-corrected chi connectivity index (χ3v) is 2.96. The molecule has 2 aromatic rings. The number of aryl methyl sites for hydroxylation is 1. The van der Waals surface area contributed by atoms with Crippen molar-refractivity contribution in [2.45, 2.75) is 13.5 Å². The Morgan fingerprint density at radius 2 is 2.20 bits per heavy atom. The Morgan fingerprint density at radius 3 is 2.80 bits per heavy atom. The van der Waals surface area contributed by atoms with Crippen molar-refractivity contribution in [3.63, 3.8) is 0 Å². The number of aromatic nitrogens is 1. The van der Waals surface area contributed by atoms with Crippen LogP contribution in [0.2, 0.25) is 5.02 Å². The third kappa shape index (κ3) is 2.97. The molecule has 0 atom stereocenters. The molecule has 7 heteroatoms. The van der Waals surface area contributed by atoms with Crippen LogP contribution in [0.1, 0.15) is 32.2 Å². The summed E-state index contributed by atoms with van der Waals surface area (Å²) in [6.07, 6.45) is 2.84. The molecule has 6 nitrogen and oxygen atoms in total. The van der Waals surface area contributed by atoms with Crippen LogP contribution >= 0.6 is 11.6 Å². The largest absolute Gasteiger partial charge is 0.478 e. The number of nitrogens with one attached hydrogen (secondary N) is 1. The zero-order valence-corrected chi connectivity index (χ0v) is 11.3. The van der Waals surface area contributed by atoms with Crippen LogP contribution in [0.3, 0.4) is 0 Å². The number of rotatable bonds is 4. The molecule has 2 N–H and O–H groups in total. The van der Waals surface area contributed by atoms with Gasteiger partial charge in [0.1, 0.15) is 17.1 Å². The molecular formula is C13H11ClN2O4. The minimum absolute atomic E-state index is 0.0676. The van der Waals surface area contributed by atoms with Gasteiger partial charge in [-0.2, -0.15) is 0 Å². The van der Waals surface area contributed by atoms with Gasteiger partial charge in [0.2, 0.25) is 0 Å². The number of carbonyl (C=O) groups is 2. The van der Waals surface area contributed by atoms with E-state index in [1.54, 1.807) is 6.92 Å². The molecule has 0 aliphatic carbocycles. The van der Waals surface area contributed by atoms with E-state index in [-0.39, 0.29) is 17.7 Å². The number of aromatic carboxylic acids is 1. The molecule has 2 aromatic heterocycles. The summed E-state index contributed by atoms with van der Waals surface area (Å²) in [5.74, 6) is -0.831. The third-order valence-electron chi connectivity index (χ3n) is 2.63. The van der Waals surface area contributed by atoms with Crippen molar-refractivity contribution < 1.29 is 19.1 Å². The van der Waals surface area contributed by atoms with Gasteiger partial charge in [0.05, 0.1) is 17.1 Å². The van der Waals surface area contributed by atoms with Crippen LogP contribution in [0.25, 0.3) is 0 Å².